The number of benzene rings is 2. The van der Waals surface area contributed by atoms with E-state index < -0.39 is 17.8 Å². The molecule has 2 atom stereocenters. The summed E-state index contributed by atoms with van der Waals surface area (Å²) in [6.07, 6.45) is 1.11. The van der Waals surface area contributed by atoms with Gasteiger partial charge in [0.05, 0.1) is 11.1 Å². The average molecular weight is 326 g/mol. The fourth-order valence-electron chi connectivity index (χ4n) is 2.27. The first-order valence-corrected chi connectivity index (χ1v) is 8.14. The Morgan fingerprint density at radius 1 is 1.24 bits per heavy atom. The molecule has 2 nitrogen and oxygen atoms in total. The molecule has 112 valence electrons. The van der Waals surface area contributed by atoms with Crippen molar-refractivity contribution in [2.75, 3.05) is 12.8 Å². The molecule has 21 heavy (non-hydrogen) atoms. The van der Waals surface area contributed by atoms with Gasteiger partial charge >= 0.3 is 0 Å². The first-order chi connectivity index (χ1) is 10.1. The van der Waals surface area contributed by atoms with Crippen molar-refractivity contribution in [3.05, 3.63) is 64.4 Å². The summed E-state index contributed by atoms with van der Waals surface area (Å²) in [4.78, 5) is 1.10. The smallest absolute Gasteiger partial charge is 0.145 e. The number of nitrogens with two attached hydrogens (primary N) is 1. The Morgan fingerprint density at radius 2 is 1.90 bits per heavy atom. The number of aliphatic hydroxyl groups is 1. The van der Waals surface area contributed by atoms with Gasteiger partial charge in [-0.15, -0.1) is 11.8 Å². The Hall–Kier alpha value is -1.07. The molecule has 2 unspecified atom stereocenters. The van der Waals surface area contributed by atoms with Gasteiger partial charge in [0.25, 0.3) is 0 Å². The molecule has 0 radical (unpaired) electrons. The van der Waals surface area contributed by atoms with Crippen molar-refractivity contribution in [2.24, 2.45) is 5.73 Å². The number of rotatable bonds is 5. The SMILES string of the molecule is CSc1ccc(C(O)C(CN)c2cccc(Cl)c2F)cc1. The molecular formula is C16H17ClFNOS. The highest BCUT2D eigenvalue weighted by Crippen LogP contribution is 2.34. The summed E-state index contributed by atoms with van der Waals surface area (Å²) in [5.41, 5.74) is 6.79. The summed E-state index contributed by atoms with van der Waals surface area (Å²) in [5.74, 6) is -1.06. The van der Waals surface area contributed by atoms with Crippen LogP contribution in [0.25, 0.3) is 0 Å². The zero-order chi connectivity index (χ0) is 15.4. The third-order valence-electron chi connectivity index (χ3n) is 3.47. The van der Waals surface area contributed by atoms with Gasteiger partial charge in [-0.1, -0.05) is 35.9 Å². The third-order valence-corrected chi connectivity index (χ3v) is 4.51. The summed E-state index contributed by atoms with van der Waals surface area (Å²) in [6, 6.07) is 12.3. The van der Waals surface area contributed by atoms with Gasteiger partial charge in [-0.25, -0.2) is 4.39 Å². The lowest BCUT2D eigenvalue weighted by Crippen LogP contribution is -2.21. The molecule has 2 aromatic carbocycles. The van der Waals surface area contributed by atoms with Crippen molar-refractivity contribution in [3.63, 3.8) is 0 Å². The second kappa shape index (κ2) is 7.27. The van der Waals surface area contributed by atoms with Crippen molar-refractivity contribution in [2.45, 2.75) is 16.9 Å². The van der Waals surface area contributed by atoms with Crippen molar-refractivity contribution in [1.29, 1.82) is 0 Å². The van der Waals surface area contributed by atoms with Crippen LogP contribution in [0.3, 0.4) is 0 Å². The molecule has 0 aliphatic heterocycles. The van der Waals surface area contributed by atoms with E-state index in [0.29, 0.717) is 11.1 Å². The topological polar surface area (TPSA) is 46.2 Å². The minimum atomic E-state index is -0.876. The zero-order valence-electron chi connectivity index (χ0n) is 11.6. The standard InChI is InChI=1S/C16H17ClFNOS/c1-21-11-7-5-10(6-8-11)16(20)13(9-19)12-3-2-4-14(17)15(12)18/h2-8,13,16,20H,9,19H2,1H3. The maximum atomic E-state index is 14.1. The lowest BCUT2D eigenvalue weighted by molar-refractivity contribution is 0.145. The first-order valence-electron chi connectivity index (χ1n) is 6.54. The average Bonchev–Trinajstić information content (AvgIpc) is 2.52. The summed E-state index contributed by atoms with van der Waals surface area (Å²) in [7, 11) is 0. The van der Waals surface area contributed by atoms with E-state index in [4.69, 9.17) is 17.3 Å². The summed E-state index contributed by atoms with van der Waals surface area (Å²) in [6.45, 7) is 0.128. The molecule has 0 fully saturated rings. The molecule has 3 N–H and O–H groups in total. The molecular weight excluding hydrogens is 309 g/mol. The number of hydrogen-bond donors (Lipinski definition) is 2. The Morgan fingerprint density at radius 3 is 2.48 bits per heavy atom. The van der Waals surface area contributed by atoms with E-state index in [9.17, 15) is 9.50 Å². The molecule has 0 heterocycles. The minimum absolute atomic E-state index is 0.0379. The highest BCUT2D eigenvalue weighted by atomic mass is 35.5. The number of halogens is 2. The molecule has 5 heteroatoms. The van der Waals surface area contributed by atoms with Crippen LogP contribution in [0, 0.1) is 5.82 Å². The molecule has 0 aliphatic rings. The van der Waals surface area contributed by atoms with Gasteiger partial charge in [0.1, 0.15) is 5.82 Å². The lowest BCUT2D eigenvalue weighted by Gasteiger charge is -2.23. The van der Waals surface area contributed by atoms with Gasteiger partial charge in [-0.3, -0.25) is 0 Å². The van der Waals surface area contributed by atoms with E-state index >= 15 is 0 Å². The number of aliphatic hydroxyl groups excluding tert-OH is 1. The highest BCUT2D eigenvalue weighted by molar-refractivity contribution is 7.98. The summed E-state index contributed by atoms with van der Waals surface area (Å²) >= 11 is 7.43. The number of thioether (sulfide) groups is 1. The van der Waals surface area contributed by atoms with Gasteiger partial charge in [0, 0.05) is 17.4 Å². The first kappa shape index (κ1) is 16.3. The van der Waals surface area contributed by atoms with Crippen molar-refractivity contribution < 1.29 is 9.50 Å². The molecule has 0 aliphatic carbocycles. The van der Waals surface area contributed by atoms with Crippen molar-refractivity contribution >= 4 is 23.4 Å². The molecule has 0 amide bonds. The second-order valence-corrected chi connectivity index (χ2v) is 5.99. The van der Waals surface area contributed by atoms with E-state index in [0.717, 1.165) is 4.90 Å². The summed E-state index contributed by atoms with van der Waals surface area (Å²) < 4.78 is 14.1. The van der Waals surface area contributed by atoms with E-state index in [1.165, 1.54) is 6.07 Å². The van der Waals surface area contributed by atoms with Gasteiger partial charge in [-0.05, 0) is 35.6 Å². The van der Waals surface area contributed by atoms with Crippen LogP contribution < -0.4 is 5.73 Å². The monoisotopic (exact) mass is 325 g/mol. The minimum Gasteiger partial charge on any atom is -0.388 e. The largest absolute Gasteiger partial charge is 0.388 e. The van der Waals surface area contributed by atoms with Gasteiger partial charge < -0.3 is 10.8 Å². The maximum Gasteiger partial charge on any atom is 0.145 e. The Balaban J connectivity index is 2.33. The van der Waals surface area contributed by atoms with Crippen LogP contribution in [0.2, 0.25) is 5.02 Å². The highest BCUT2D eigenvalue weighted by Gasteiger charge is 2.25. The molecule has 0 spiro atoms. The van der Waals surface area contributed by atoms with E-state index in [1.807, 2.05) is 30.5 Å². The fourth-order valence-corrected chi connectivity index (χ4v) is 2.86. The molecule has 0 aromatic heterocycles. The van der Waals surface area contributed by atoms with E-state index in [2.05, 4.69) is 0 Å². The molecule has 2 aromatic rings. The van der Waals surface area contributed by atoms with Crippen molar-refractivity contribution in [1.82, 2.24) is 0 Å². The van der Waals surface area contributed by atoms with Crippen LogP contribution in [-0.2, 0) is 0 Å². The van der Waals surface area contributed by atoms with Crippen LogP contribution in [0.4, 0.5) is 4.39 Å². The normalized spacial score (nSPS) is 14.0. The fraction of sp³-hybridized carbons (Fsp3) is 0.250. The zero-order valence-corrected chi connectivity index (χ0v) is 13.2. The Kier molecular flexibility index (Phi) is 5.65. The van der Waals surface area contributed by atoms with Gasteiger partial charge in [-0.2, -0.15) is 0 Å². The van der Waals surface area contributed by atoms with Crippen LogP contribution in [0.1, 0.15) is 23.1 Å². The van der Waals surface area contributed by atoms with Crippen molar-refractivity contribution in [3.8, 4) is 0 Å². The molecule has 0 saturated carbocycles. The second-order valence-electron chi connectivity index (χ2n) is 4.70. The molecule has 2 rings (SSSR count). The predicted octanol–water partition coefficient (Wildman–Crippen LogP) is 3.98. The van der Waals surface area contributed by atoms with Crippen LogP contribution in [0.5, 0.6) is 0 Å². The maximum absolute atomic E-state index is 14.1. The quantitative estimate of drug-likeness (QED) is 0.817. The molecule has 0 saturated heterocycles. The van der Waals surface area contributed by atoms with Crippen LogP contribution in [-0.4, -0.2) is 17.9 Å². The Bertz CT molecular complexity index is 606. The van der Waals surface area contributed by atoms with Gasteiger partial charge in [0.2, 0.25) is 0 Å². The Labute approximate surface area is 133 Å². The summed E-state index contributed by atoms with van der Waals surface area (Å²) in [5, 5.41) is 10.6. The van der Waals surface area contributed by atoms with E-state index in [-0.39, 0.29) is 11.6 Å². The van der Waals surface area contributed by atoms with Gasteiger partial charge in [0.15, 0.2) is 0 Å². The number of hydrogen-bond acceptors (Lipinski definition) is 3. The molecule has 0 bridgehead atoms. The predicted molar refractivity (Wildman–Crippen MR) is 86.4 cm³/mol. The van der Waals surface area contributed by atoms with Crippen LogP contribution >= 0.6 is 23.4 Å². The lowest BCUT2D eigenvalue weighted by atomic mass is 9.89. The third kappa shape index (κ3) is 3.58. The van der Waals surface area contributed by atoms with Crippen LogP contribution in [0.15, 0.2) is 47.4 Å². The van der Waals surface area contributed by atoms with E-state index in [1.54, 1.807) is 23.9 Å².